The van der Waals surface area contributed by atoms with Crippen LogP contribution in [0.25, 0.3) is 10.6 Å². The minimum atomic E-state index is -0.377. The van der Waals surface area contributed by atoms with Gasteiger partial charge in [-0.15, -0.1) is 11.3 Å². The number of aromatic hydroxyl groups is 1. The van der Waals surface area contributed by atoms with E-state index >= 15 is 0 Å². The summed E-state index contributed by atoms with van der Waals surface area (Å²) in [5.41, 5.74) is 1.08. The molecule has 4 heteroatoms. The molecule has 3 rings (SSSR count). The summed E-state index contributed by atoms with van der Waals surface area (Å²) in [6.07, 6.45) is 0. The highest BCUT2D eigenvalue weighted by Crippen LogP contribution is 2.50. The van der Waals surface area contributed by atoms with E-state index in [-0.39, 0.29) is 17.0 Å². The number of nitrogens with zero attached hydrogens (tertiary/aromatic N) is 1. The number of ether oxygens (including phenoxy) is 1. The summed E-state index contributed by atoms with van der Waals surface area (Å²) in [6, 6.07) is 7.31. The number of para-hydroxylation sites is 1. The van der Waals surface area contributed by atoms with Crippen LogP contribution >= 0.6 is 11.3 Å². The molecule has 0 saturated heterocycles. The molecule has 0 radical (unpaired) electrons. The second-order valence-corrected chi connectivity index (χ2v) is 6.84. The second-order valence-electron chi connectivity index (χ2n) is 5.84. The van der Waals surface area contributed by atoms with Gasteiger partial charge in [0.25, 0.3) is 0 Å². The zero-order chi connectivity index (χ0) is 13.8. The average molecular weight is 275 g/mol. The summed E-state index contributed by atoms with van der Waals surface area (Å²) in [6.45, 7) is 8.20. The predicted molar refractivity (Wildman–Crippen MR) is 76.4 cm³/mol. The van der Waals surface area contributed by atoms with Gasteiger partial charge in [-0.2, -0.15) is 0 Å². The Kier molecular flexibility index (Phi) is 2.53. The Bertz CT molecular complexity index is 612. The molecule has 19 heavy (non-hydrogen) atoms. The van der Waals surface area contributed by atoms with Crippen molar-refractivity contribution < 1.29 is 9.84 Å². The first kappa shape index (κ1) is 12.6. The van der Waals surface area contributed by atoms with Crippen molar-refractivity contribution in [2.75, 3.05) is 0 Å². The van der Waals surface area contributed by atoms with Crippen LogP contribution in [0.3, 0.4) is 0 Å². The lowest BCUT2D eigenvalue weighted by Crippen LogP contribution is -2.23. The molecule has 0 atom stereocenters. The number of phenols is 1. The summed E-state index contributed by atoms with van der Waals surface area (Å²) in [5, 5.41) is 10.8. The van der Waals surface area contributed by atoms with E-state index in [1.807, 2.05) is 32.0 Å². The molecule has 1 aromatic carbocycles. The number of benzene rings is 1. The first-order valence-electron chi connectivity index (χ1n) is 6.31. The SMILES string of the molecule is CC1(C)OC(C)(C)c2sc(-c3ccccc3O)nc21. The quantitative estimate of drug-likeness (QED) is 0.855. The monoisotopic (exact) mass is 275 g/mol. The fraction of sp³-hybridized carbons (Fsp3) is 0.400. The number of phenolic OH excluding ortho intramolecular Hbond substituents is 1. The molecule has 1 N–H and O–H groups in total. The summed E-state index contributed by atoms with van der Waals surface area (Å²) in [7, 11) is 0. The van der Waals surface area contributed by atoms with Crippen LogP contribution in [0.15, 0.2) is 24.3 Å². The number of hydrogen-bond acceptors (Lipinski definition) is 4. The standard InChI is InChI=1S/C15H17NO2S/c1-14(2)11-12(15(3,4)18-14)19-13(16-11)9-7-5-6-8-10(9)17/h5-8,17H,1-4H3. The minimum Gasteiger partial charge on any atom is -0.507 e. The van der Waals surface area contributed by atoms with Gasteiger partial charge in [-0.1, -0.05) is 12.1 Å². The number of fused-ring (bicyclic) bond motifs is 1. The maximum atomic E-state index is 9.95. The van der Waals surface area contributed by atoms with Gasteiger partial charge in [-0.25, -0.2) is 4.98 Å². The van der Waals surface area contributed by atoms with E-state index in [1.165, 1.54) is 0 Å². The lowest BCUT2D eigenvalue weighted by atomic mass is 10.0. The van der Waals surface area contributed by atoms with Gasteiger partial charge in [0, 0.05) is 0 Å². The molecule has 1 aliphatic heterocycles. The average Bonchev–Trinajstić information content (AvgIpc) is 2.80. The van der Waals surface area contributed by atoms with Crippen molar-refractivity contribution >= 4 is 11.3 Å². The summed E-state index contributed by atoms with van der Waals surface area (Å²) >= 11 is 1.60. The third kappa shape index (κ3) is 1.86. The zero-order valence-corrected chi connectivity index (χ0v) is 12.3. The van der Waals surface area contributed by atoms with Crippen LogP contribution in [0.2, 0.25) is 0 Å². The van der Waals surface area contributed by atoms with Crippen LogP contribution in [0.1, 0.15) is 38.3 Å². The van der Waals surface area contributed by atoms with E-state index in [1.54, 1.807) is 17.4 Å². The van der Waals surface area contributed by atoms with Crippen LogP contribution in [0, 0.1) is 0 Å². The fourth-order valence-electron chi connectivity index (χ4n) is 2.64. The maximum Gasteiger partial charge on any atom is 0.127 e. The zero-order valence-electron chi connectivity index (χ0n) is 11.5. The number of thiazole rings is 1. The first-order chi connectivity index (χ1) is 8.81. The molecule has 0 spiro atoms. The van der Waals surface area contributed by atoms with E-state index in [0.29, 0.717) is 0 Å². The third-order valence-electron chi connectivity index (χ3n) is 3.39. The Morgan fingerprint density at radius 1 is 1.11 bits per heavy atom. The molecular formula is C15H17NO2S. The van der Waals surface area contributed by atoms with Gasteiger partial charge >= 0.3 is 0 Å². The summed E-state index contributed by atoms with van der Waals surface area (Å²) in [5.74, 6) is 0.270. The Hall–Kier alpha value is -1.39. The normalized spacial score (nSPS) is 19.4. The maximum absolute atomic E-state index is 9.95. The number of aromatic nitrogens is 1. The number of hydrogen-bond donors (Lipinski definition) is 1. The van der Waals surface area contributed by atoms with Crippen molar-refractivity contribution in [2.24, 2.45) is 0 Å². The van der Waals surface area contributed by atoms with Crippen LogP contribution in [-0.4, -0.2) is 10.1 Å². The van der Waals surface area contributed by atoms with Gasteiger partial charge in [0.05, 0.1) is 21.7 Å². The van der Waals surface area contributed by atoms with E-state index < -0.39 is 0 Å². The summed E-state index contributed by atoms with van der Waals surface area (Å²) < 4.78 is 6.05. The molecule has 0 saturated carbocycles. The molecule has 0 unspecified atom stereocenters. The van der Waals surface area contributed by atoms with Crippen molar-refractivity contribution in [3.63, 3.8) is 0 Å². The van der Waals surface area contributed by atoms with Crippen molar-refractivity contribution in [3.8, 4) is 16.3 Å². The van der Waals surface area contributed by atoms with E-state index in [0.717, 1.165) is 21.1 Å². The minimum absolute atomic E-state index is 0.270. The van der Waals surface area contributed by atoms with Crippen molar-refractivity contribution in [1.29, 1.82) is 0 Å². The molecule has 2 aromatic rings. The van der Waals surface area contributed by atoms with Crippen molar-refractivity contribution in [1.82, 2.24) is 4.98 Å². The van der Waals surface area contributed by atoms with Gasteiger partial charge in [-0.3, -0.25) is 0 Å². The highest BCUT2D eigenvalue weighted by atomic mass is 32.1. The molecule has 1 aliphatic rings. The van der Waals surface area contributed by atoms with E-state index in [4.69, 9.17) is 9.72 Å². The van der Waals surface area contributed by atoms with Crippen LogP contribution in [0.5, 0.6) is 5.75 Å². The highest BCUT2D eigenvalue weighted by molar-refractivity contribution is 7.15. The predicted octanol–water partition coefficient (Wildman–Crippen LogP) is 4.02. The lowest BCUT2D eigenvalue weighted by Gasteiger charge is -2.24. The van der Waals surface area contributed by atoms with Gasteiger partial charge in [0.2, 0.25) is 0 Å². The van der Waals surface area contributed by atoms with Crippen molar-refractivity contribution in [3.05, 3.63) is 34.8 Å². The molecule has 0 bridgehead atoms. The smallest absolute Gasteiger partial charge is 0.127 e. The Labute approximate surface area is 116 Å². The second kappa shape index (κ2) is 3.81. The molecule has 3 nitrogen and oxygen atoms in total. The Morgan fingerprint density at radius 2 is 1.79 bits per heavy atom. The summed E-state index contributed by atoms with van der Waals surface area (Å²) in [4.78, 5) is 5.85. The highest BCUT2D eigenvalue weighted by Gasteiger charge is 2.46. The molecular weight excluding hydrogens is 258 g/mol. The van der Waals surface area contributed by atoms with Crippen LogP contribution < -0.4 is 0 Å². The topological polar surface area (TPSA) is 42.4 Å². The van der Waals surface area contributed by atoms with E-state index in [9.17, 15) is 5.11 Å². The Balaban J connectivity index is 2.17. The van der Waals surface area contributed by atoms with Crippen LogP contribution in [-0.2, 0) is 15.9 Å². The number of rotatable bonds is 1. The van der Waals surface area contributed by atoms with Crippen molar-refractivity contribution in [2.45, 2.75) is 38.9 Å². The fourth-order valence-corrected chi connectivity index (χ4v) is 3.93. The molecule has 1 aromatic heterocycles. The van der Waals surface area contributed by atoms with Crippen LogP contribution in [0.4, 0.5) is 0 Å². The molecule has 2 heterocycles. The lowest BCUT2D eigenvalue weighted by molar-refractivity contribution is -0.105. The molecule has 0 fully saturated rings. The van der Waals surface area contributed by atoms with Gasteiger partial charge < -0.3 is 9.84 Å². The van der Waals surface area contributed by atoms with Gasteiger partial charge in [-0.05, 0) is 39.8 Å². The van der Waals surface area contributed by atoms with Gasteiger partial charge in [0.15, 0.2) is 0 Å². The van der Waals surface area contributed by atoms with Gasteiger partial charge in [0.1, 0.15) is 16.4 Å². The Morgan fingerprint density at radius 3 is 2.42 bits per heavy atom. The largest absolute Gasteiger partial charge is 0.507 e. The van der Waals surface area contributed by atoms with E-state index in [2.05, 4.69) is 13.8 Å². The molecule has 0 amide bonds. The molecule has 0 aliphatic carbocycles. The third-order valence-corrected chi connectivity index (χ3v) is 4.78. The first-order valence-corrected chi connectivity index (χ1v) is 7.13. The molecule has 100 valence electrons.